The lowest BCUT2D eigenvalue weighted by molar-refractivity contribution is -0.385. The fourth-order valence-electron chi connectivity index (χ4n) is 1.36. The highest BCUT2D eigenvalue weighted by Gasteiger charge is 2.25. The number of methoxy groups -OCH3 is 1. The molecule has 0 N–H and O–H groups in total. The summed E-state index contributed by atoms with van der Waals surface area (Å²) in [5, 5.41) is 19.6. The van der Waals surface area contributed by atoms with Crippen LogP contribution in [-0.2, 0) is 0 Å². The van der Waals surface area contributed by atoms with Crippen LogP contribution in [0.3, 0.4) is 0 Å². The topological polar surface area (TPSA) is 93.2 Å². The third kappa shape index (κ3) is 2.34. The summed E-state index contributed by atoms with van der Waals surface area (Å²) in [5.41, 5.74) is -0.530. The number of ether oxygens (including phenoxy) is 1. The van der Waals surface area contributed by atoms with E-state index in [2.05, 4.69) is 0 Å². The van der Waals surface area contributed by atoms with Crippen molar-refractivity contribution in [2.45, 2.75) is 0 Å². The number of nitrogens with zero attached hydrogens (tertiary/aromatic N) is 2. The molecule has 0 bridgehead atoms. The van der Waals surface area contributed by atoms with Crippen molar-refractivity contribution in [1.82, 2.24) is 0 Å². The molecule has 17 heavy (non-hydrogen) atoms. The van der Waals surface area contributed by atoms with Gasteiger partial charge < -0.3 is 4.74 Å². The molecule has 0 saturated carbocycles. The minimum atomic E-state index is -0.689. The Kier molecular flexibility index (Phi) is 4.01. The molecule has 1 rings (SSSR count). The van der Waals surface area contributed by atoms with E-state index in [4.69, 9.17) is 21.6 Å². The van der Waals surface area contributed by atoms with Gasteiger partial charge in [0.15, 0.2) is 5.78 Å². The van der Waals surface area contributed by atoms with Crippen LogP contribution in [0.15, 0.2) is 12.1 Å². The van der Waals surface area contributed by atoms with E-state index in [1.807, 2.05) is 0 Å². The Morgan fingerprint density at radius 3 is 2.71 bits per heavy atom. The van der Waals surface area contributed by atoms with Gasteiger partial charge in [-0.1, -0.05) is 0 Å². The number of hydrogen-bond donors (Lipinski definition) is 0. The SMILES string of the molecule is COc1c([N+](=O)[O-])ccc(C#N)c1C(=O)CCl. The number of Topliss-reactive ketones (excluding diaryl/α,β-unsaturated/α-hetero) is 1. The zero-order valence-corrected chi connectivity index (χ0v) is 9.52. The smallest absolute Gasteiger partial charge is 0.311 e. The van der Waals surface area contributed by atoms with Crippen molar-refractivity contribution in [1.29, 1.82) is 5.26 Å². The fraction of sp³-hybridized carbons (Fsp3) is 0.200. The molecule has 6 nitrogen and oxygen atoms in total. The molecule has 0 spiro atoms. The number of carbonyl (C=O) groups excluding carboxylic acids is 1. The van der Waals surface area contributed by atoms with Gasteiger partial charge in [0.25, 0.3) is 0 Å². The van der Waals surface area contributed by atoms with E-state index in [-0.39, 0.29) is 28.4 Å². The molecule has 1 aromatic rings. The molecular weight excluding hydrogens is 248 g/mol. The summed E-state index contributed by atoms with van der Waals surface area (Å²) in [4.78, 5) is 21.6. The van der Waals surface area contributed by atoms with Crippen LogP contribution in [0.5, 0.6) is 5.75 Å². The molecule has 0 aliphatic rings. The molecular formula is C10H7ClN2O4. The van der Waals surface area contributed by atoms with Crippen molar-refractivity contribution in [3.05, 3.63) is 33.4 Å². The molecule has 0 aromatic heterocycles. The predicted octanol–water partition coefficient (Wildman–Crippen LogP) is 1.90. The van der Waals surface area contributed by atoms with Gasteiger partial charge in [-0.2, -0.15) is 5.26 Å². The number of alkyl halides is 1. The first kappa shape index (κ1) is 12.9. The van der Waals surface area contributed by atoms with Gasteiger partial charge in [0.1, 0.15) is 6.07 Å². The minimum absolute atomic E-state index is 0.00176. The van der Waals surface area contributed by atoms with E-state index < -0.39 is 10.7 Å². The van der Waals surface area contributed by atoms with Crippen LogP contribution < -0.4 is 4.74 Å². The summed E-state index contributed by atoms with van der Waals surface area (Å²) in [5.74, 6) is -1.21. The molecule has 0 aliphatic heterocycles. The number of nitriles is 1. The summed E-state index contributed by atoms with van der Waals surface area (Å²) in [6.07, 6.45) is 0. The van der Waals surface area contributed by atoms with Crippen LogP contribution in [-0.4, -0.2) is 23.7 Å². The highest BCUT2D eigenvalue weighted by Crippen LogP contribution is 2.33. The molecule has 88 valence electrons. The van der Waals surface area contributed by atoms with E-state index in [1.54, 1.807) is 6.07 Å². The Morgan fingerprint density at radius 2 is 2.29 bits per heavy atom. The van der Waals surface area contributed by atoms with Crippen LogP contribution in [0.4, 0.5) is 5.69 Å². The second kappa shape index (κ2) is 5.27. The maximum atomic E-state index is 11.6. The van der Waals surface area contributed by atoms with Crippen molar-refractivity contribution in [3.8, 4) is 11.8 Å². The van der Waals surface area contributed by atoms with Crippen molar-refractivity contribution >= 4 is 23.1 Å². The monoisotopic (exact) mass is 254 g/mol. The molecule has 0 radical (unpaired) electrons. The van der Waals surface area contributed by atoms with Gasteiger partial charge in [-0.3, -0.25) is 14.9 Å². The summed E-state index contributed by atoms with van der Waals surface area (Å²) in [6, 6.07) is 4.08. The standard InChI is InChI=1S/C10H7ClN2O4/c1-17-10-7(13(15)16)3-2-6(5-12)9(10)8(14)4-11/h2-3H,4H2,1H3. The Bertz CT molecular complexity index is 522. The number of hydrogen-bond acceptors (Lipinski definition) is 5. The van der Waals surface area contributed by atoms with E-state index in [9.17, 15) is 14.9 Å². The Hall–Kier alpha value is -2.13. The normalized spacial score (nSPS) is 9.47. The molecule has 0 saturated heterocycles. The lowest BCUT2D eigenvalue weighted by atomic mass is 10.0. The summed E-state index contributed by atoms with van der Waals surface area (Å²) >= 11 is 5.39. The van der Waals surface area contributed by atoms with Gasteiger partial charge in [0.05, 0.1) is 29.0 Å². The largest absolute Gasteiger partial charge is 0.490 e. The zero-order chi connectivity index (χ0) is 13.0. The Balaban J connectivity index is 3.61. The molecule has 0 unspecified atom stereocenters. The fourth-order valence-corrected chi connectivity index (χ4v) is 1.49. The quantitative estimate of drug-likeness (QED) is 0.354. The minimum Gasteiger partial charge on any atom is -0.490 e. The first-order valence-electron chi connectivity index (χ1n) is 4.41. The number of halogens is 1. The van der Waals surface area contributed by atoms with Gasteiger partial charge >= 0.3 is 5.69 Å². The molecule has 0 amide bonds. The van der Waals surface area contributed by atoms with Gasteiger partial charge in [0, 0.05) is 6.07 Å². The van der Waals surface area contributed by atoms with E-state index in [1.165, 1.54) is 13.2 Å². The molecule has 0 atom stereocenters. The van der Waals surface area contributed by atoms with Crippen LogP contribution in [0.1, 0.15) is 15.9 Å². The van der Waals surface area contributed by atoms with Crippen molar-refractivity contribution in [2.75, 3.05) is 13.0 Å². The Labute approximate surface area is 102 Å². The number of rotatable bonds is 4. The summed E-state index contributed by atoms with van der Waals surface area (Å²) in [6.45, 7) is 0. The number of nitro benzene ring substituents is 1. The highest BCUT2D eigenvalue weighted by atomic mass is 35.5. The number of ketones is 1. The summed E-state index contributed by atoms with van der Waals surface area (Å²) in [7, 11) is 1.19. The molecule has 0 fully saturated rings. The van der Waals surface area contributed by atoms with Crippen LogP contribution in [0, 0.1) is 21.4 Å². The maximum Gasteiger partial charge on any atom is 0.311 e. The first-order valence-corrected chi connectivity index (χ1v) is 4.94. The molecule has 0 heterocycles. The van der Waals surface area contributed by atoms with Gasteiger partial charge in [0.2, 0.25) is 5.75 Å². The van der Waals surface area contributed by atoms with E-state index in [0.717, 1.165) is 6.07 Å². The number of nitro groups is 1. The van der Waals surface area contributed by atoms with Gasteiger partial charge in [-0.15, -0.1) is 11.6 Å². The summed E-state index contributed by atoms with van der Waals surface area (Å²) < 4.78 is 4.83. The zero-order valence-electron chi connectivity index (χ0n) is 8.77. The van der Waals surface area contributed by atoms with Crippen molar-refractivity contribution in [3.63, 3.8) is 0 Å². The number of benzene rings is 1. The number of carbonyl (C=O) groups is 1. The third-order valence-electron chi connectivity index (χ3n) is 2.06. The molecule has 0 aliphatic carbocycles. The third-order valence-corrected chi connectivity index (χ3v) is 2.30. The van der Waals surface area contributed by atoms with Crippen LogP contribution >= 0.6 is 11.6 Å². The average Bonchev–Trinajstić information content (AvgIpc) is 2.35. The predicted molar refractivity (Wildman–Crippen MR) is 59.4 cm³/mol. The van der Waals surface area contributed by atoms with Crippen molar-refractivity contribution in [2.24, 2.45) is 0 Å². The first-order chi connectivity index (χ1) is 8.06. The van der Waals surface area contributed by atoms with E-state index in [0.29, 0.717) is 0 Å². The lowest BCUT2D eigenvalue weighted by Crippen LogP contribution is -2.08. The van der Waals surface area contributed by atoms with Crippen LogP contribution in [0.25, 0.3) is 0 Å². The van der Waals surface area contributed by atoms with Gasteiger partial charge in [-0.05, 0) is 6.07 Å². The van der Waals surface area contributed by atoms with E-state index >= 15 is 0 Å². The Morgan fingerprint density at radius 1 is 1.65 bits per heavy atom. The second-order valence-corrected chi connectivity index (χ2v) is 3.23. The van der Waals surface area contributed by atoms with Crippen molar-refractivity contribution < 1.29 is 14.5 Å². The average molecular weight is 255 g/mol. The molecule has 1 aromatic carbocycles. The molecule has 7 heteroatoms. The highest BCUT2D eigenvalue weighted by molar-refractivity contribution is 6.31. The lowest BCUT2D eigenvalue weighted by Gasteiger charge is -2.08. The second-order valence-electron chi connectivity index (χ2n) is 2.97. The maximum absolute atomic E-state index is 11.6. The van der Waals surface area contributed by atoms with Crippen LogP contribution in [0.2, 0.25) is 0 Å². The van der Waals surface area contributed by atoms with Gasteiger partial charge in [-0.25, -0.2) is 0 Å².